The molecule has 2 aliphatic rings. The summed E-state index contributed by atoms with van der Waals surface area (Å²) in [6.45, 7) is 3.29. The fourth-order valence-corrected chi connectivity index (χ4v) is 5.90. The third kappa shape index (κ3) is 5.22. The fraction of sp³-hybridized carbons (Fsp3) is 0.524. The Hall–Kier alpha value is -1.68. The van der Waals surface area contributed by atoms with Gasteiger partial charge in [-0.1, -0.05) is 30.3 Å². The first-order valence-corrected chi connectivity index (χ1v) is 12.8. The topological polar surface area (TPSA) is 93.2 Å². The van der Waals surface area contributed by atoms with Gasteiger partial charge in [0.25, 0.3) is 11.8 Å². The number of nitrogens with one attached hydrogen (secondary N) is 2. The second-order valence-electron chi connectivity index (χ2n) is 7.56. The van der Waals surface area contributed by atoms with Gasteiger partial charge >= 0.3 is 0 Å². The molecule has 0 saturated carbocycles. The lowest BCUT2D eigenvalue weighted by molar-refractivity contribution is 0.0858. The number of halogens is 1. The van der Waals surface area contributed by atoms with Gasteiger partial charge in [-0.25, -0.2) is 9.97 Å². The minimum atomic E-state index is -0.432. The van der Waals surface area contributed by atoms with E-state index in [0.29, 0.717) is 22.3 Å². The Morgan fingerprint density at radius 2 is 2.19 bits per heavy atom. The van der Waals surface area contributed by atoms with Crippen molar-refractivity contribution in [2.45, 2.75) is 56.7 Å². The van der Waals surface area contributed by atoms with Gasteiger partial charge in [-0.2, -0.15) is 0 Å². The Kier molecular flexibility index (Phi) is 7.47. The van der Waals surface area contributed by atoms with Gasteiger partial charge in [-0.15, -0.1) is 11.3 Å². The van der Waals surface area contributed by atoms with Crippen LogP contribution in [0, 0.1) is 0 Å². The number of rotatable bonds is 8. The molecule has 2 amide bonds. The van der Waals surface area contributed by atoms with Crippen molar-refractivity contribution in [1.29, 1.82) is 0 Å². The summed E-state index contributed by atoms with van der Waals surface area (Å²) in [5.41, 5.74) is 1.72. The average molecular weight is 481 g/mol. The molecule has 4 rings (SSSR count). The quantitative estimate of drug-likeness (QED) is 0.431. The predicted molar refractivity (Wildman–Crippen MR) is 124 cm³/mol. The van der Waals surface area contributed by atoms with Crippen molar-refractivity contribution in [3.8, 4) is 0 Å². The van der Waals surface area contributed by atoms with E-state index in [1.165, 1.54) is 29.3 Å². The number of thioether (sulfide) groups is 1. The van der Waals surface area contributed by atoms with E-state index < -0.39 is 5.91 Å². The minimum absolute atomic E-state index is 0.0625. The van der Waals surface area contributed by atoms with Crippen LogP contribution in [0.25, 0.3) is 0 Å². The molecule has 2 aromatic rings. The first kappa shape index (κ1) is 22.5. The van der Waals surface area contributed by atoms with Crippen LogP contribution in [0.5, 0.6) is 0 Å². The summed E-state index contributed by atoms with van der Waals surface area (Å²) in [5.74, 6) is 0.257. The number of amides is 2. The molecule has 1 unspecified atom stereocenters. The van der Waals surface area contributed by atoms with Gasteiger partial charge in [0.05, 0.1) is 22.9 Å². The SMILES string of the molecule is CCCSc1ncc(Cl)c(C(=O)Nc2sc3c(c2C(=O)NCC2CCCO2)CCC3)n1. The van der Waals surface area contributed by atoms with Gasteiger partial charge in [0.15, 0.2) is 10.9 Å². The molecule has 166 valence electrons. The van der Waals surface area contributed by atoms with Crippen LogP contribution in [0.2, 0.25) is 5.02 Å². The van der Waals surface area contributed by atoms with Crippen LogP contribution < -0.4 is 10.6 Å². The summed E-state index contributed by atoms with van der Waals surface area (Å²) >= 11 is 9.15. The van der Waals surface area contributed by atoms with Gasteiger partial charge in [0.2, 0.25) is 0 Å². The maximum Gasteiger partial charge on any atom is 0.276 e. The zero-order valence-electron chi connectivity index (χ0n) is 17.3. The van der Waals surface area contributed by atoms with Crippen LogP contribution in [0.4, 0.5) is 5.00 Å². The number of fused-ring (bicyclic) bond motifs is 1. The molecule has 1 aliphatic carbocycles. The molecule has 1 saturated heterocycles. The molecular weight excluding hydrogens is 456 g/mol. The highest BCUT2D eigenvalue weighted by Crippen LogP contribution is 2.39. The Balaban J connectivity index is 1.53. The third-order valence-electron chi connectivity index (χ3n) is 5.26. The Morgan fingerprint density at radius 3 is 2.97 bits per heavy atom. The maximum atomic E-state index is 13.0. The summed E-state index contributed by atoms with van der Waals surface area (Å²) in [7, 11) is 0. The van der Waals surface area contributed by atoms with Crippen molar-refractivity contribution in [2.75, 3.05) is 24.2 Å². The van der Waals surface area contributed by atoms with Crippen LogP contribution >= 0.6 is 34.7 Å². The Bertz CT molecular complexity index is 976. The number of aryl methyl sites for hydroxylation is 1. The molecule has 0 aromatic carbocycles. The molecule has 2 aromatic heterocycles. The summed E-state index contributed by atoms with van der Waals surface area (Å²) in [5, 5.41) is 7.14. The van der Waals surface area contributed by atoms with Crippen LogP contribution in [0.1, 0.15) is 63.9 Å². The highest BCUT2D eigenvalue weighted by atomic mass is 35.5. The monoisotopic (exact) mass is 480 g/mol. The minimum Gasteiger partial charge on any atom is -0.376 e. The van der Waals surface area contributed by atoms with Crippen molar-refractivity contribution < 1.29 is 14.3 Å². The van der Waals surface area contributed by atoms with E-state index in [9.17, 15) is 9.59 Å². The summed E-state index contributed by atoms with van der Waals surface area (Å²) in [4.78, 5) is 35.7. The first-order valence-electron chi connectivity index (χ1n) is 10.6. The summed E-state index contributed by atoms with van der Waals surface area (Å²) in [6.07, 6.45) is 7.26. The number of aromatic nitrogens is 2. The Morgan fingerprint density at radius 1 is 1.32 bits per heavy atom. The number of carbonyl (C=O) groups excluding carboxylic acids is 2. The van der Waals surface area contributed by atoms with E-state index in [2.05, 4.69) is 27.5 Å². The zero-order chi connectivity index (χ0) is 21.8. The predicted octanol–water partition coefficient (Wildman–Crippen LogP) is 4.34. The van der Waals surface area contributed by atoms with Crippen LogP contribution in [0.15, 0.2) is 11.4 Å². The second kappa shape index (κ2) is 10.3. The van der Waals surface area contributed by atoms with Crippen molar-refractivity contribution in [2.24, 2.45) is 0 Å². The number of ether oxygens (including phenoxy) is 1. The van der Waals surface area contributed by atoms with E-state index in [1.54, 1.807) is 0 Å². The lowest BCUT2D eigenvalue weighted by atomic mass is 10.1. The highest BCUT2D eigenvalue weighted by Gasteiger charge is 2.29. The number of hydrogen-bond donors (Lipinski definition) is 2. The molecule has 7 nitrogen and oxygen atoms in total. The summed E-state index contributed by atoms with van der Waals surface area (Å²) < 4.78 is 5.61. The smallest absolute Gasteiger partial charge is 0.276 e. The lowest BCUT2D eigenvalue weighted by Gasteiger charge is -2.13. The molecule has 3 heterocycles. The fourth-order valence-electron chi connectivity index (χ4n) is 3.77. The normalized spacial score (nSPS) is 17.5. The summed E-state index contributed by atoms with van der Waals surface area (Å²) in [6, 6.07) is 0. The van der Waals surface area contributed by atoms with Crippen molar-refractivity contribution in [3.05, 3.63) is 32.9 Å². The van der Waals surface area contributed by atoms with Crippen molar-refractivity contribution >= 4 is 51.5 Å². The van der Waals surface area contributed by atoms with Crippen molar-refractivity contribution in [3.63, 3.8) is 0 Å². The van der Waals surface area contributed by atoms with Gasteiger partial charge in [0.1, 0.15) is 5.00 Å². The number of nitrogens with zero attached hydrogens (tertiary/aromatic N) is 2. The van der Waals surface area contributed by atoms with E-state index in [-0.39, 0.29) is 22.7 Å². The zero-order valence-corrected chi connectivity index (χ0v) is 19.7. The molecule has 2 N–H and O–H groups in total. The Labute approximate surface area is 194 Å². The average Bonchev–Trinajstić information content (AvgIpc) is 3.49. The highest BCUT2D eigenvalue weighted by molar-refractivity contribution is 7.99. The van der Waals surface area contributed by atoms with E-state index in [0.717, 1.165) is 61.3 Å². The molecule has 10 heteroatoms. The number of anilines is 1. The van der Waals surface area contributed by atoms with Gasteiger partial charge < -0.3 is 15.4 Å². The van der Waals surface area contributed by atoms with Gasteiger partial charge in [-0.3, -0.25) is 9.59 Å². The molecule has 0 bridgehead atoms. The third-order valence-corrected chi connectivity index (χ3v) is 7.81. The van der Waals surface area contributed by atoms with E-state index in [1.807, 2.05) is 0 Å². The molecule has 0 spiro atoms. The lowest BCUT2D eigenvalue weighted by Crippen LogP contribution is -2.32. The standard InChI is InChI=1S/C21H25ClN4O3S2/c1-2-9-30-21-24-11-14(22)17(25-21)19(28)26-20-16(13-6-3-7-15(13)31-20)18(27)23-10-12-5-4-8-29-12/h11-12H,2-10H2,1H3,(H,23,27)(H,26,28). The molecule has 1 atom stereocenters. The van der Waals surface area contributed by atoms with Crippen molar-refractivity contribution in [1.82, 2.24) is 15.3 Å². The molecule has 1 fully saturated rings. The molecule has 1 aliphatic heterocycles. The van der Waals surface area contributed by atoms with Crippen LogP contribution in [-0.2, 0) is 17.6 Å². The maximum absolute atomic E-state index is 13.0. The first-order chi connectivity index (χ1) is 15.1. The van der Waals surface area contributed by atoms with Crippen LogP contribution in [-0.4, -0.2) is 46.8 Å². The van der Waals surface area contributed by atoms with Crippen LogP contribution in [0.3, 0.4) is 0 Å². The van der Waals surface area contributed by atoms with Gasteiger partial charge in [-0.05, 0) is 44.1 Å². The number of hydrogen-bond acceptors (Lipinski definition) is 7. The van der Waals surface area contributed by atoms with Gasteiger partial charge in [0, 0.05) is 23.8 Å². The molecule has 0 radical (unpaired) electrons. The number of carbonyl (C=O) groups is 2. The van der Waals surface area contributed by atoms with E-state index >= 15 is 0 Å². The van der Waals surface area contributed by atoms with E-state index in [4.69, 9.17) is 16.3 Å². The number of thiophene rings is 1. The molecular formula is C21H25ClN4O3S2. The molecule has 31 heavy (non-hydrogen) atoms. The largest absolute Gasteiger partial charge is 0.376 e. The second-order valence-corrected chi connectivity index (χ2v) is 10.1.